The number of hydrogen-bond acceptors (Lipinski definition) is 10. The second kappa shape index (κ2) is 14.7. The number of aliphatic hydroxyl groups is 2. The van der Waals surface area contributed by atoms with Gasteiger partial charge in [-0.3, -0.25) is 18.9 Å². The molecule has 0 heterocycles. The van der Waals surface area contributed by atoms with E-state index in [1.165, 1.54) is 30.4 Å². The number of rotatable bonds is 13. The number of methoxy groups -OCH3 is 1. The third-order valence-electron chi connectivity index (χ3n) is 10.8. The van der Waals surface area contributed by atoms with Crippen LogP contribution in [0.5, 0.6) is 17.2 Å². The van der Waals surface area contributed by atoms with E-state index in [4.69, 9.17) is 19.7 Å². The average molecular weight is 701 g/mol. The van der Waals surface area contributed by atoms with E-state index in [0.29, 0.717) is 23.5 Å². The number of benzene rings is 2. The molecule has 0 aromatic heterocycles. The number of esters is 1. The molecule has 0 aliphatic heterocycles. The van der Waals surface area contributed by atoms with Gasteiger partial charge in [0, 0.05) is 31.6 Å². The molecule has 5 rings (SSSR count). The van der Waals surface area contributed by atoms with Crippen LogP contribution in [0.2, 0.25) is 0 Å². The third kappa shape index (κ3) is 8.08. The van der Waals surface area contributed by atoms with Gasteiger partial charge in [0.15, 0.2) is 5.75 Å². The number of aliphatic hydroxyl groups excluding tert-OH is 2. The Kier molecular flexibility index (Phi) is 11.0. The maximum absolute atomic E-state index is 13.0. The molecule has 0 bridgehead atoms. The zero-order valence-corrected chi connectivity index (χ0v) is 29.5. The topological polar surface area (TPSA) is 195 Å². The predicted octanol–water partition coefficient (Wildman–Crippen LogP) is 5.11. The van der Waals surface area contributed by atoms with Gasteiger partial charge >= 0.3 is 5.97 Å². The van der Waals surface area contributed by atoms with Crippen LogP contribution in [0, 0.1) is 17.3 Å². The molecule has 7 atom stereocenters. The summed E-state index contributed by atoms with van der Waals surface area (Å²) in [6, 6.07) is 8.86. The minimum absolute atomic E-state index is 0.0194. The molecule has 7 unspecified atom stereocenters. The van der Waals surface area contributed by atoms with Crippen molar-refractivity contribution >= 4 is 30.8 Å². The highest BCUT2D eigenvalue weighted by Crippen LogP contribution is 2.61. The van der Waals surface area contributed by atoms with E-state index >= 15 is 0 Å². The van der Waals surface area contributed by atoms with Gasteiger partial charge in [-0.05, 0) is 105 Å². The molecule has 2 fully saturated rings. The summed E-state index contributed by atoms with van der Waals surface area (Å²) in [5, 5.41) is 33.9. The first-order valence-electron chi connectivity index (χ1n) is 17.0. The lowest BCUT2D eigenvalue weighted by Gasteiger charge is -2.50. The first kappa shape index (κ1) is 36.7. The zero-order chi connectivity index (χ0) is 35.7. The molecule has 0 radical (unpaired) electrons. The molecule has 6 N–H and O–H groups in total. The van der Waals surface area contributed by atoms with Crippen molar-refractivity contribution in [2.24, 2.45) is 23.0 Å². The molecule has 12 nitrogen and oxygen atoms in total. The Morgan fingerprint density at radius 3 is 2.43 bits per heavy atom. The van der Waals surface area contributed by atoms with Gasteiger partial charge < -0.3 is 40.4 Å². The number of amides is 2. The molecule has 49 heavy (non-hydrogen) atoms. The number of carbonyl (C=O) groups is 3. The third-order valence-corrected chi connectivity index (χ3v) is 11.5. The first-order valence-corrected chi connectivity index (χ1v) is 19.6. The van der Waals surface area contributed by atoms with E-state index in [1.54, 1.807) is 13.3 Å². The van der Waals surface area contributed by atoms with Crippen molar-refractivity contribution in [3.63, 3.8) is 0 Å². The Hall–Kier alpha value is -3.60. The normalized spacial score (nSPS) is 25.6. The number of nitrogens with one attached hydrogen (secondary N) is 1. The molecule has 2 aromatic carbocycles. The van der Waals surface area contributed by atoms with Gasteiger partial charge in [-0.2, -0.15) is 0 Å². The fraction of sp³-hybridized carbons (Fsp3) is 0.583. The van der Waals surface area contributed by atoms with Crippen LogP contribution < -0.4 is 20.3 Å². The van der Waals surface area contributed by atoms with E-state index in [2.05, 4.69) is 24.4 Å². The monoisotopic (exact) mass is 700 g/mol. The number of fused-ring (bicyclic) bond motifs is 5. The number of hydrogen-bond donors (Lipinski definition) is 5. The summed E-state index contributed by atoms with van der Waals surface area (Å²) < 4.78 is 28.9. The minimum atomic E-state index is -2.64. The van der Waals surface area contributed by atoms with Crippen LogP contribution in [-0.2, 0) is 25.3 Å². The van der Waals surface area contributed by atoms with E-state index in [0.717, 1.165) is 38.5 Å². The summed E-state index contributed by atoms with van der Waals surface area (Å²) in [6.07, 6.45) is 2.62. The van der Waals surface area contributed by atoms with Crippen molar-refractivity contribution in [1.29, 1.82) is 0 Å². The number of aromatic hydroxyl groups is 1. The smallest absolute Gasteiger partial charge is 0.306 e. The molecule has 3 aliphatic rings. The van der Waals surface area contributed by atoms with E-state index in [1.807, 2.05) is 6.07 Å². The second-order valence-corrected chi connectivity index (χ2v) is 17.1. The first-order chi connectivity index (χ1) is 23.1. The van der Waals surface area contributed by atoms with Crippen molar-refractivity contribution in [2.45, 2.75) is 95.4 Å². The Morgan fingerprint density at radius 2 is 1.76 bits per heavy atom. The number of anilines is 1. The van der Waals surface area contributed by atoms with Crippen molar-refractivity contribution in [2.75, 3.05) is 25.8 Å². The summed E-state index contributed by atoms with van der Waals surface area (Å²) in [5.41, 5.74) is 7.49. The van der Waals surface area contributed by atoms with Crippen molar-refractivity contribution in [3.8, 4) is 17.2 Å². The Balaban J connectivity index is 1.09. The lowest BCUT2D eigenvalue weighted by Crippen LogP contribution is -2.45. The van der Waals surface area contributed by atoms with E-state index < -0.39 is 43.1 Å². The van der Waals surface area contributed by atoms with Gasteiger partial charge in [0.1, 0.15) is 23.2 Å². The molecule has 13 heteroatoms. The molecule has 0 spiro atoms. The summed E-state index contributed by atoms with van der Waals surface area (Å²) in [4.78, 5) is 37.2. The van der Waals surface area contributed by atoms with E-state index in [-0.39, 0.29) is 54.2 Å². The van der Waals surface area contributed by atoms with Gasteiger partial charge in [0.25, 0.3) is 5.91 Å². The maximum atomic E-state index is 13.0. The fourth-order valence-electron chi connectivity index (χ4n) is 8.46. The lowest BCUT2D eigenvalue weighted by atomic mass is 9.55. The SMILES string of the molecule is COc1ccc(NC(=O)CCC(O)C(O)CCC(=O)OC2CCC3C4CCc5cc(OP(C)(C)=O)ccc5C4CCC23C)c(O)c1C(N)=O. The van der Waals surface area contributed by atoms with Crippen LogP contribution in [0.4, 0.5) is 5.69 Å². The second-order valence-electron chi connectivity index (χ2n) is 14.4. The predicted molar refractivity (Wildman–Crippen MR) is 183 cm³/mol. The summed E-state index contributed by atoms with van der Waals surface area (Å²) >= 11 is 0. The van der Waals surface area contributed by atoms with Crippen LogP contribution in [0.25, 0.3) is 0 Å². The summed E-state index contributed by atoms with van der Waals surface area (Å²) in [7, 11) is -1.33. The number of nitrogens with two attached hydrogens (primary N) is 1. The van der Waals surface area contributed by atoms with Gasteiger partial charge in [-0.15, -0.1) is 0 Å². The number of aryl methyl sites for hydroxylation is 1. The molecule has 2 aromatic rings. The zero-order valence-electron chi connectivity index (χ0n) is 28.6. The number of carbonyl (C=O) groups excluding carboxylic acids is 3. The highest BCUT2D eigenvalue weighted by molar-refractivity contribution is 7.57. The molecule has 268 valence electrons. The highest BCUT2D eigenvalue weighted by atomic mass is 31.2. The molecular formula is C36H49N2O10P. The van der Waals surface area contributed by atoms with Crippen LogP contribution in [0.1, 0.15) is 92.1 Å². The Morgan fingerprint density at radius 1 is 1.04 bits per heavy atom. The summed E-state index contributed by atoms with van der Waals surface area (Å²) in [6.45, 7) is 5.48. The maximum Gasteiger partial charge on any atom is 0.306 e. The fourth-order valence-corrected chi connectivity index (χ4v) is 9.08. The van der Waals surface area contributed by atoms with Crippen molar-refractivity contribution in [3.05, 3.63) is 47.0 Å². The highest BCUT2D eigenvalue weighted by Gasteiger charge is 2.56. The van der Waals surface area contributed by atoms with Gasteiger partial charge in [-0.25, -0.2) is 0 Å². The molecule has 0 saturated heterocycles. The quantitative estimate of drug-likeness (QED) is 0.107. The van der Waals surface area contributed by atoms with Gasteiger partial charge in [0.2, 0.25) is 13.3 Å². The Labute approximate surface area is 287 Å². The molecule has 2 amide bonds. The van der Waals surface area contributed by atoms with Crippen molar-refractivity contribution < 1.29 is 48.3 Å². The van der Waals surface area contributed by atoms with Gasteiger partial charge in [-0.1, -0.05) is 13.0 Å². The Bertz CT molecular complexity index is 1620. The minimum Gasteiger partial charge on any atom is -0.505 e. The standard InChI is InChI=1S/C36H49N2O10P/c1-36-18-17-23-22-8-6-21(48-49(3,4)45)19-20(22)5-7-24(23)25(36)9-14-30(36)47-32(42)16-12-28(40)27(39)11-15-31(41)38-26-10-13-29(46-2)33(34(26)43)35(37)44/h6,8,10,13,19,23-25,27-28,30,39-40,43H,5,7,9,11-12,14-18H2,1-4H3,(H2,37,44)(H,38,41). The number of ether oxygens (including phenoxy) is 2. The van der Waals surface area contributed by atoms with Crippen molar-refractivity contribution in [1.82, 2.24) is 0 Å². The number of phenols is 1. The average Bonchev–Trinajstić information content (AvgIpc) is 3.37. The van der Waals surface area contributed by atoms with Crippen LogP contribution in [0.15, 0.2) is 30.3 Å². The summed E-state index contributed by atoms with van der Waals surface area (Å²) in [5.74, 6) is -0.360. The lowest BCUT2D eigenvalue weighted by molar-refractivity contribution is -0.158. The number of primary amides is 1. The molecule has 3 aliphatic carbocycles. The van der Waals surface area contributed by atoms with Crippen LogP contribution in [0.3, 0.4) is 0 Å². The van der Waals surface area contributed by atoms with Crippen LogP contribution >= 0.6 is 7.37 Å². The van der Waals surface area contributed by atoms with E-state index in [9.17, 15) is 34.3 Å². The van der Waals surface area contributed by atoms with Crippen LogP contribution in [-0.4, -0.2) is 71.9 Å². The largest absolute Gasteiger partial charge is 0.505 e. The molecule has 2 saturated carbocycles. The molecular weight excluding hydrogens is 651 g/mol. The van der Waals surface area contributed by atoms with Gasteiger partial charge in [0.05, 0.1) is 25.0 Å².